The lowest BCUT2D eigenvalue weighted by Gasteiger charge is -2.09. The maximum Gasteiger partial charge on any atom is 0.335 e. The highest BCUT2D eigenvalue weighted by Gasteiger charge is 2.20. The Hall–Kier alpha value is -3.65. The normalized spacial score (nSPS) is 10.8. The first-order valence-corrected chi connectivity index (χ1v) is 11.0. The minimum atomic E-state index is -0.983. The molecule has 31 heavy (non-hydrogen) atoms. The van der Waals surface area contributed by atoms with Crippen molar-refractivity contribution in [1.29, 1.82) is 0 Å². The molecular weight excluding hydrogens is 410 g/mol. The van der Waals surface area contributed by atoms with Crippen molar-refractivity contribution < 1.29 is 9.90 Å². The Morgan fingerprint density at radius 1 is 1.13 bits per heavy atom. The lowest BCUT2D eigenvalue weighted by Crippen LogP contribution is -2.03. The van der Waals surface area contributed by atoms with Crippen molar-refractivity contribution in [2.24, 2.45) is 0 Å². The summed E-state index contributed by atoms with van der Waals surface area (Å²) in [7, 11) is 0. The highest BCUT2D eigenvalue weighted by atomic mass is 32.2. The number of para-hydroxylation sites is 1. The topological polar surface area (TPSA) is 92.9 Å². The van der Waals surface area contributed by atoms with Crippen LogP contribution in [-0.2, 0) is 6.42 Å². The smallest absolute Gasteiger partial charge is 0.335 e. The van der Waals surface area contributed by atoms with Crippen LogP contribution in [-0.4, -0.2) is 37.1 Å². The van der Waals surface area contributed by atoms with Crippen LogP contribution in [0.15, 0.2) is 71.9 Å². The van der Waals surface area contributed by atoms with Gasteiger partial charge in [0.2, 0.25) is 5.95 Å². The van der Waals surface area contributed by atoms with E-state index in [1.165, 1.54) is 0 Å². The number of thioether (sulfide) groups is 1. The number of anilines is 2. The third-order valence-corrected chi connectivity index (χ3v) is 5.43. The maximum absolute atomic E-state index is 11.2. The molecule has 0 aliphatic heterocycles. The van der Waals surface area contributed by atoms with Crippen molar-refractivity contribution in [2.45, 2.75) is 18.4 Å². The van der Waals surface area contributed by atoms with Gasteiger partial charge in [0, 0.05) is 11.9 Å². The van der Waals surface area contributed by atoms with Crippen LogP contribution in [0.2, 0.25) is 0 Å². The predicted octanol–water partition coefficient (Wildman–Crippen LogP) is 5.06. The summed E-state index contributed by atoms with van der Waals surface area (Å²) in [4.78, 5) is 20.2. The molecule has 0 saturated carbocycles. The zero-order valence-corrected chi connectivity index (χ0v) is 17.9. The highest BCUT2D eigenvalue weighted by Crippen LogP contribution is 2.34. The number of nitrogens with one attached hydrogen (secondary N) is 1. The number of benzene rings is 2. The van der Waals surface area contributed by atoms with Crippen LogP contribution in [0.5, 0.6) is 0 Å². The molecule has 0 atom stereocenters. The summed E-state index contributed by atoms with van der Waals surface area (Å²) in [5, 5.41) is 18.0. The Bertz CT molecular complexity index is 1220. The van der Waals surface area contributed by atoms with Gasteiger partial charge in [0.25, 0.3) is 0 Å². The molecule has 4 aromatic rings. The SMILES string of the molecule is CCc1c(-c2ccnc(Nc3cccc(C(=O)O)c3)n2)c(SC)nn1-c1ccccc1. The van der Waals surface area contributed by atoms with Crippen molar-refractivity contribution >= 4 is 29.4 Å². The van der Waals surface area contributed by atoms with Crippen LogP contribution in [0.3, 0.4) is 0 Å². The van der Waals surface area contributed by atoms with Gasteiger partial charge in [-0.2, -0.15) is 5.10 Å². The van der Waals surface area contributed by atoms with Crippen molar-refractivity contribution in [3.63, 3.8) is 0 Å². The van der Waals surface area contributed by atoms with Crippen LogP contribution < -0.4 is 5.32 Å². The number of carboxylic acids is 1. The number of nitrogens with zero attached hydrogens (tertiary/aromatic N) is 4. The van der Waals surface area contributed by atoms with Gasteiger partial charge >= 0.3 is 5.97 Å². The monoisotopic (exact) mass is 431 g/mol. The largest absolute Gasteiger partial charge is 0.478 e. The fourth-order valence-corrected chi connectivity index (χ4v) is 3.95. The van der Waals surface area contributed by atoms with Gasteiger partial charge < -0.3 is 10.4 Å². The van der Waals surface area contributed by atoms with Crippen molar-refractivity contribution in [3.8, 4) is 16.9 Å². The molecule has 0 bridgehead atoms. The molecule has 0 unspecified atom stereocenters. The molecule has 8 heteroatoms. The second kappa shape index (κ2) is 9.01. The summed E-state index contributed by atoms with van der Waals surface area (Å²) >= 11 is 1.57. The molecule has 0 saturated heterocycles. The van der Waals surface area contributed by atoms with E-state index in [1.807, 2.05) is 47.3 Å². The molecule has 2 heterocycles. The van der Waals surface area contributed by atoms with Gasteiger partial charge in [-0.1, -0.05) is 31.2 Å². The zero-order valence-electron chi connectivity index (χ0n) is 17.1. The van der Waals surface area contributed by atoms with Crippen molar-refractivity contribution in [2.75, 3.05) is 11.6 Å². The van der Waals surface area contributed by atoms with Gasteiger partial charge in [-0.25, -0.2) is 19.4 Å². The van der Waals surface area contributed by atoms with Gasteiger partial charge in [0.15, 0.2) is 0 Å². The fraction of sp³-hybridized carbons (Fsp3) is 0.130. The minimum absolute atomic E-state index is 0.197. The number of carbonyl (C=O) groups is 1. The Labute approximate surface area is 184 Å². The van der Waals surface area contributed by atoms with E-state index in [2.05, 4.69) is 17.2 Å². The molecule has 2 N–H and O–H groups in total. The van der Waals surface area contributed by atoms with Crippen molar-refractivity contribution in [3.05, 3.63) is 78.1 Å². The first-order valence-electron chi connectivity index (χ1n) is 9.75. The van der Waals surface area contributed by atoms with E-state index in [9.17, 15) is 9.90 Å². The lowest BCUT2D eigenvalue weighted by atomic mass is 10.1. The van der Waals surface area contributed by atoms with Crippen LogP contribution in [0.25, 0.3) is 16.9 Å². The van der Waals surface area contributed by atoms with E-state index in [1.54, 1.807) is 42.2 Å². The predicted molar refractivity (Wildman–Crippen MR) is 122 cm³/mol. The fourth-order valence-electron chi connectivity index (χ4n) is 3.36. The molecule has 0 fully saturated rings. The summed E-state index contributed by atoms with van der Waals surface area (Å²) in [5.41, 5.74) is 4.60. The number of carboxylic acid groups (broad SMARTS) is 1. The molecule has 156 valence electrons. The van der Waals surface area contributed by atoms with Gasteiger partial charge in [-0.3, -0.25) is 0 Å². The molecule has 0 amide bonds. The number of hydrogen-bond donors (Lipinski definition) is 2. The Morgan fingerprint density at radius 2 is 1.94 bits per heavy atom. The maximum atomic E-state index is 11.2. The van der Waals surface area contributed by atoms with E-state index in [0.717, 1.165) is 34.1 Å². The molecule has 0 spiro atoms. The summed E-state index contributed by atoms with van der Waals surface area (Å²) in [6.45, 7) is 2.10. The number of aromatic carboxylic acids is 1. The number of hydrogen-bond acceptors (Lipinski definition) is 6. The minimum Gasteiger partial charge on any atom is -0.478 e. The highest BCUT2D eigenvalue weighted by molar-refractivity contribution is 7.98. The van der Waals surface area contributed by atoms with E-state index in [4.69, 9.17) is 10.1 Å². The number of aromatic nitrogens is 4. The van der Waals surface area contributed by atoms with Gasteiger partial charge in [0.05, 0.1) is 28.2 Å². The Morgan fingerprint density at radius 3 is 2.65 bits per heavy atom. The molecule has 2 aromatic carbocycles. The van der Waals surface area contributed by atoms with Crippen LogP contribution in [0.4, 0.5) is 11.6 Å². The lowest BCUT2D eigenvalue weighted by molar-refractivity contribution is 0.0697. The molecule has 0 aliphatic carbocycles. The molecule has 0 radical (unpaired) electrons. The van der Waals surface area contributed by atoms with Crippen LogP contribution in [0, 0.1) is 0 Å². The number of rotatable bonds is 7. The van der Waals surface area contributed by atoms with Gasteiger partial charge in [-0.05, 0) is 49.1 Å². The van der Waals surface area contributed by atoms with E-state index in [-0.39, 0.29) is 5.56 Å². The average Bonchev–Trinajstić information content (AvgIpc) is 3.19. The van der Waals surface area contributed by atoms with E-state index < -0.39 is 5.97 Å². The summed E-state index contributed by atoms with van der Waals surface area (Å²) < 4.78 is 1.96. The average molecular weight is 432 g/mol. The Kier molecular flexibility index (Phi) is 5.99. The molecule has 0 aliphatic rings. The van der Waals surface area contributed by atoms with Crippen molar-refractivity contribution in [1.82, 2.24) is 19.7 Å². The van der Waals surface area contributed by atoms with E-state index in [0.29, 0.717) is 11.6 Å². The molecular formula is C23H21N5O2S. The third-order valence-electron chi connectivity index (χ3n) is 4.76. The van der Waals surface area contributed by atoms with Gasteiger partial charge in [-0.15, -0.1) is 11.8 Å². The standard InChI is InChI=1S/C23H21N5O2S/c1-3-19-20(21(31-2)27-28(19)17-10-5-4-6-11-17)18-12-13-24-23(26-18)25-16-9-7-8-15(14-16)22(29)30/h4-14H,3H2,1-2H3,(H,29,30)(H,24,25,26). The second-order valence-corrected chi connectivity index (χ2v) is 7.50. The summed E-state index contributed by atoms with van der Waals surface area (Å²) in [5.74, 6) is -0.592. The molecule has 2 aromatic heterocycles. The van der Waals surface area contributed by atoms with Gasteiger partial charge in [0.1, 0.15) is 5.03 Å². The first kappa shape index (κ1) is 20.6. The third kappa shape index (κ3) is 4.29. The Balaban J connectivity index is 1.75. The van der Waals surface area contributed by atoms with Crippen LogP contribution >= 0.6 is 11.8 Å². The van der Waals surface area contributed by atoms with Crippen LogP contribution in [0.1, 0.15) is 23.0 Å². The first-order chi connectivity index (χ1) is 15.1. The van der Waals surface area contributed by atoms with E-state index >= 15 is 0 Å². The summed E-state index contributed by atoms with van der Waals surface area (Å²) in [6, 6.07) is 18.4. The second-order valence-electron chi connectivity index (χ2n) is 6.71. The quantitative estimate of drug-likeness (QED) is 0.395. The molecule has 7 nitrogen and oxygen atoms in total. The zero-order chi connectivity index (χ0) is 21.8. The molecule has 4 rings (SSSR count). The summed E-state index contributed by atoms with van der Waals surface area (Å²) in [6.07, 6.45) is 4.47.